The lowest BCUT2D eigenvalue weighted by Gasteiger charge is -2.45. The summed E-state index contributed by atoms with van der Waals surface area (Å²) in [4.78, 5) is 16.7. The van der Waals surface area contributed by atoms with E-state index in [9.17, 15) is 13.6 Å². The van der Waals surface area contributed by atoms with E-state index in [1.807, 2.05) is 9.80 Å². The number of hydrogen-bond donors (Lipinski definition) is 1. The molecule has 2 bridgehead atoms. The van der Waals surface area contributed by atoms with Crippen molar-refractivity contribution in [3.8, 4) is 0 Å². The molecular formula is C20H29Cl2F2N3O. The van der Waals surface area contributed by atoms with E-state index in [4.69, 9.17) is 5.73 Å². The number of fused-ring (bicyclic) bond motifs is 2. The predicted molar refractivity (Wildman–Crippen MR) is 111 cm³/mol. The minimum Gasteiger partial charge on any atom is -0.366 e. The van der Waals surface area contributed by atoms with Gasteiger partial charge in [-0.15, -0.1) is 24.8 Å². The molecule has 2 saturated carbocycles. The molecule has 1 aliphatic heterocycles. The number of benzene rings is 1. The topological polar surface area (TPSA) is 49.6 Å². The monoisotopic (exact) mass is 435 g/mol. The summed E-state index contributed by atoms with van der Waals surface area (Å²) in [6.45, 7) is 2.19. The summed E-state index contributed by atoms with van der Waals surface area (Å²) in [5.41, 5.74) is 6.62. The number of nitrogens with two attached hydrogens (primary N) is 1. The maximum atomic E-state index is 14.0. The molecule has 0 spiro atoms. The van der Waals surface area contributed by atoms with Crippen LogP contribution in [0.2, 0.25) is 0 Å². The third-order valence-electron chi connectivity index (χ3n) is 6.60. The zero-order chi connectivity index (χ0) is 18.3. The molecule has 2 aliphatic carbocycles. The van der Waals surface area contributed by atoms with Crippen molar-refractivity contribution in [2.75, 3.05) is 31.1 Å². The Morgan fingerprint density at radius 2 is 1.61 bits per heavy atom. The van der Waals surface area contributed by atoms with Gasteiger partial charge in [-0.05, 0) is 49.7 Å². The average molecular weight is 436 g/mol. The molecule has 158 valence electrons. The number of nitrogens with zero attached hydrogens (tertiary/aromatic N) is 2. The van der Waals surface area contributed by atoms with Crippen LogP contribution in [0.1, 0.15) is 32.1 Å². The molecule has 3 aliphatic rings. The van der Waals surface area contributed by atoms with E-state index in [1.165, 1.54) is 12.5 Å². The smallest absolute Gasteiger partial charge is 0.225 e. The number of anilines is 1. The van der Waals surface area contributed by atoms with Crippen LogP contribution in [0.25, 0.3) is 0 Å². The summed E-state index contributed by atoms with van der Waals surface area (Å²) >= 11 is 0. The number of carbonyl (C=O) groups excluding carboxylic acids is 1. The lowest BCUT2D eigenvalue weighted by molar-refractivity contribution is -0.138. The lowest BCUT2D eigenvalue weighted by atomic mass is 9.65. The molecule has 1 aromatic carbocycles. The van der Waals surface area contributed by atoms with Gasteiger partial charge in [-0.3, -0.25) is 4.79 Å². The number of hydrogen-bond acceptors (Lipinski definition) is 3. The van der Waals surface area contributed by atoms with Crippen LogP contribution in [-0.4, -0.2) is 43.0 Å². The van der Waals surface area contributed by atoms with E-state index in [0.717, 1.165) is 37.8 Å². The molecule has 1 heterocycles. The average Bonchev–Trinajstić information content (AvgIpc) is 2.63. The largest absolute Gasteiger partial charge is 0.366 e. The van der Waals surface area contributed by atoms with Crippen LogP contribution in [-0.2, 0) is 4.79 Å². The van der Waals surface area contributed by atoms with Crippen molar-refractivity contribution in [2.45, 2.75) is 38.1 Å². The van der Waals surface area contributed by atoms with Crippen LogP contribution in [0.15, 0.2) is 18.2 Å². The molecule has 8 heteroatoms. The van der Waals surface area contributed by atoms with Gasteiger partial charge in [0.2, 0.25) is 5.91 Å². The fourth-order valence-corrected chi connectivity index (χ4v) is 5.14. The molecule has 2 unspecified atom stereocenters. The second-order valence-electron chi connectivity index (χ2n) is 8.10. The Morgan fingerprint density at radius 3 is 2.21 bits per heavy atom. The lowest BCUT2D eigenvalue weighted by Crippen LogP contribution is -2.53. The van der Waals surface area contributed by atoms with Crippen LogP contribution < -0.4 is 10.6 Å². The van der Waals surface area contributed by atoms with Crippen LogP contribution in [0.4, 0.5) is 14.5 Å². The van der Waals surface area contributed by atoms with Gasteiger partial charge in [-0.1, -0.05) is 6.42 Å². The highest BCUT2D eigenvalue weighted by atomic mass is 35.5. The molecule has 0 radical (unpaired) electrons. The van der Waals surface area contributed by atoms with Gasteiger partial charge in [0, 0.05) is 44.2 Å². The zero-order valence-electron chi connectivity index (χ0n) is 15.9. The quantitative estimate of drug-likeness (QED) is 0.771. The third kappa shape index (κ3) is 4.55. The molecule has 4 rings (SSSR count). The standard InChI is InChI=1S/C20H27F2N3O.2ClH/c21-16-4-5-17(22)18(12-16)24-6-8-25(9-7-24)20(26)15-10-13-2-1-3-14(11-15)19(13)23;;/h4-5,12-15,19H,1-3,6-11,23H2;2*1H. The summed E-state index contributed by atoms with van der Waals surface area (Å²) in [5, 5.41) is 0. The summed E-state index contributed by atoms with van der Waals surface area (Å²) < 4.78 is 27.4. The van der Waals surface area contributed by atoms with E-state index in [2.05, 4.69) is 0 Å². The minimum absolute atomic E-state index is 0. The van der Waals surface area contributed by atoms with E-state index in [0.29, 0.717) is 38.0 Å². The SMILES string of the molecule is Cl.Cl.NC1C2CCCC1CC(C(=O)N1CCN(c3cc(F)ccc3F)CC1)C2. The zero-order valence-corrected chi connectivity index (χ0v) is 17.5. The van der Waals surface area contributed by atoms with Gasteiger partial charge < -0.3 is 15.5 Å². The Morgan fingerprint density at radius 1 is 1.00 bits per heavy atom. The van der Waals surface area contributed by atoms with E-state index < -0.39 is 11.6 Å². The number of piperazine rings is 1. The summed E-state index contributed by atoms with van der Waals surface area (Å²) in [7, 11) is 0. The number of amides is 1. The van der Waals surface area contributed by atoms with Crippen molar-refractivity contribution in [3.05, 3.63) is 29.8 Å². The minimum atomic E-state index is -0.440. The van der Waals surface area contributed by atoms with Crippen LogP contribution >= 0.6 is 24.8 Å². The third-order valence-corrected chi connectivity index (χ3v) is 6.60. The van der Waals surface area contributed by atoms with Gasteiger partial charge in [0.1, 0.15) is 11.6 Å². The van der Waals surface area contributed by atoms with Gasteiger partial charge in [0.15, 0.2) is 0 Å². The molecule has 2 N–H and O–H groups in total. The molecule has 28 heavy (non-hydrogen) atoms. The van der Waals surface area contributed by atoms with E-state index >= 15 is 0 Å². The van der Waals surface area contributed by atoms with Gasteiger partial charge in [0.05, 0.1) is 5.69 Å². The van der Waals surface area contributed by atoms with Gasteiger partial charge >= 0.3 is 0 Å². The normalized spacial score (nSPS) is 29.5. The maximum Gasteiger partial charge on any atom is 0.225 e. The van der Waals surface area contributed by atoms with Crippen molar-refractivity contribution < 1.29 is 13.6 Å². The first-order valence-corrected chi connectivity index (χ1v) is 9.77. The van der Waals surface area contributed by atoms with Gasteiger partial charge in [-0.25, -0.2) is 8.78 Å². The summed E-state index contributed by atoms with van der Waals surface area (Å²) in [6, 6.07) is 3.78. The second kappa shape index (κ2) is 9.59. The van der Waals surface area contributed by atoms with Crippen LogP contribution in [0.5, 0.6) is 0 Å². The van der Waals surface area contributed by atoms with Gasteiger partial charge in [0.25, 0.3) is 0 Å². The van der Waals surface area contributed by atoms with Crippen molar-refractivity contribution in [2.24, 2.45) is 23.5 Å². The van der Waals surface area contributed by atoms with E-state index in [1.54, 1.807) is 0 Å². The molecule has 3 fully saturated rings. The molecule has 0 aromatic heterocycles. The maximum absolute atomic E-state index is 14.0. The number of halogens is 4. The molecule has 4 nitrogen and oxygen atoms in total. The highest BCUT2D eigenvalue weighted by Crippen LogP contribution is 2.42. The summed E-state index contributed by atoms with van der Waals surface area (Å²) in [6.07, 6.45) is 5.36. The first-order valence-electron chi connectivity index (χ1n) is 9.77. The van der Waals surface area contributed by atoms with Crippen LogP contribution in [0, 0.1) is 29.4 Å². The number of carbonyl (C=O) groups is 1. The van der Waals surface area contributed by atoms with Crippen molar-refractivity contribution >= 4 is 36.4 Å². The van der Waals surface area contributed by atoms with Crippen molar-refractivity contribution in [1.29, 1.82) is 0 Å². The van der Waals surface area contributed by atoms with Crippen molar-refractivity contribution in [1.82, 2.24) is 4.90 Å². The number of rotatable bonds is 2. The highest BCUT2D eigenvalue weighted by Gasteiger charge is 2.41. The Balaban J connectivity index is 0.00000140. The first-order chi connectivity index (χ1) is 12.5. The predicted octanol–water partition coefficient (Wildman–Crippen LogP) is 3.61. The van der Waals surface area contributed by atoms with Gasteiger partial charge in [-0.2, -0.15) is 0 Å². The molecular weight excluding hydrogens is 407 g/mol. The molecule has 2 atom stereocenters. The highest BCUT2D eigenvalue weighted by molar-refractivity contribution is 5.85. The van der Waals surface area contributed by atoms with Crippen molar-refractivity contribution in [3.63, 3.8) is 0 Å². The fraction of sp³-hybridized carbons (Fsp3) is 0.650. The fourth-order valence-electron chi connectivity index (χ4n) is 5.14. The summed E-state index contributed by atoms with van der Waals surface area (Å²) in [5.74, 6) is 0.430. The molecule has 1 aromatic rings. The Labute approximate surface area is 177 Å². The van der Waals surface area contributed by atoms with E-state index in [-0.39, 0.29) is 48.4 Å². The van der Waals surface area contributed by atoms with Crippen LogP contribution in [0.3, 0.4) is 0 Å². The first kappa shape index (κ1) is 23.2. The molecule has 1 saturated heterocycles. The Kier molecular flexibility index (Phi) is 7.94. The Hall–Kier alpha value is -1.11. The molecule has 1 amide bonds. The Bertz CT molecular complexity index is 671. The second-order valence-corrected chi connectivity index (χ2v) is 8.10.